The highest BCUT2D eigenvalue weighted by Crippen LogP contribution is 2.32. The number of hydrogen-bond donors (Lipinski definition) is 1. The van der Waals surface area contributed by atoms with Crippen molar-refractivity contribution < 1.29 is 0 Å². The van der Waals surface area contributed by atoms with Gasteiger partial charge in [0.25, 0.3) is 0 Å². The molecule has 3 atom stereocenters. The van der Waals surface area contributed by atoms with Gasteiger partial charge in [0.1, 0.15) is 0 Å². The topological polar surface area (TPSA) is 29.3 Å². The van der Waals surface area contributed by atoms with Gasteiger partial charge >= 0.3 is 0 Å². The summed E-state index contributed by atoms with van der Waals surface area (Å²) in [6.45, 7) is 9.93. The van der Waals surface area contributed by atoms with E-state index in [1.165, 1.54) is 30.4 Å². The van der Waals surface area contributed by atoms with Crippen molar-refractivity contribution >= 4 is 0 Å². The van der Waals surface area contributed by atoms with Gasteiger partial charge in [-0.25, -0.2) is 0 Å². The molecule has 2 N–H and O–H groups in total. The average Bonchev–Trinajstić information content (AvgIpc) is 2.48. The van der Waals surface area contributed by atoms with Crippen LogP contribution in [0.15, 0.2) is 24.3 Å². The van der Waals surface area contributed by atoms with Crippen LogP contribution in [0.1, 0.15) is 51.2 Å². The fraction of sp³-hybridized carbons (Fsp3) is 0.667. The molecule has 20 heavy (non-hydrogen) atoms. The quantitative estimate of drug-likeness (QED) is 0.885. The fourth-order valence-electron chi connectivity index (χ4n) is 3.48. The molecule has 0 heterocycles. The van der Waals surface area contributed by atoms with Crippen LogP contribution in [0.5, 0.6) is 0 Å². The predicted octanol–water partition coefficient (Wildman–Crippen LogP) is 3.79. The molecule has 2 nitrogen and oxygen atoms in total. The second-order valence-electron chi connectivity index (χ2n) is 6.46. The molecule has 1 aliphatic carbocycles. The van der Waals surface area contributed by atoms with Gasteiger partial charge in [0, 0.05) is 19.1 Å². The molecule has 2 heteroatoms. The molecule has 1 fully saturated rings. The van der Waals surface area contributed by atoms with Gasteiger partial charge in [-0.1, -0.05) is 45.0 Å². The largest absolute Gasteiger partial charge is 0.326 e. The summed E-state index contributed by atoms with van der Waals surface area (Å²) in [7, 11) is 0. The first kappa shape index (κ1) is 15.5. The first-order valence-electron chi connectivity index (χ1n) is 8.16. The summed E-state index contributed by atoms with van der Waals surface area (Å²) in [5, 5.41) is 0. The number of nitrogens with two attached hydrogens (primary N) is 1. The monoisotopic (exact) mass is 274 g/mol. The summed E-state index contributed by atoms with van der Waals surface area (Å²) >= 11 is 0. The van der Waals surface area contributed by atoms with E-state index in [9.17, 15) is 0 Å². The van der Waals surface area contributed by atoms with E-state index in [-0.39, 0.29) is 0 Å². The van der Waals surface area contributed by atoms with Crippen molar-refractivity contribution in [3.05, 3.63) is 35.4 Å². The minimum absolute atomic E-state index is 0.645. The zero-order chi connectivity index (χ0) is 14.5. The van der Waals surface area contributed by atoms with Crippen LogP contribution >= 0.6 is 0 Å². The van der Waals surface area contributed by atoms with Gasteiger partial charge in [0.15, 0.2) is 0 Å². The molecule has 2 rings (SSSR count). The maximum Gasteiger partial charge on any atom is 0.0239 e. The Kier molecular flexibility index (Phi) is 5.62. The molecule has 0 radical (unpaired) electrons. The summed E-state index contributed by atoms with van der Waals surface area (Å²) in [4.78, 5) is 2.65. The van der Waals surface area contributed by atoms with Crippen LogP contribution in [0, 0.1) is 11.8 Å². The number of rotatable bonds is 5. The molecular formula is C18H30N2. The van der Waals surface area contributed by atoms with Crippen LogP contribution in [0.2, 0.25) is 0 Å². The second-order valence-corrected chi connectivity index (χ2v) is 6.46. The standard InChI is InChI=1S/C18H30N2/c1-4-20(18-10-9-14(2)15(3)11-18)13-17-8-6-5-7-16(17)12-19/h5-8,14-15,18H,4,9-13,19H2,1-3H3. The first-order valence-corrected chi connectivity index (χ1v) is 8.16. The highest BCUT2D eigenvalue weighted by Gasteiger charge is 2.28. The van der Waals surface area contributed by atoms with E-state index < -0.39 is 0 Å². The van der Waals surface area contributed by atoms with Crippen LogP contribution in [-0.2, 0) is 13.1 Å². The van der Waals surface area contributed by atoms with Crippen molar-refractivity contribution in [2.45, 2.75) is 59.2 Å². The van der Waals surface area contributed by atoms with Gasteiger partial charge < -0.3 is 5.73 Å². The van der Waals surface area contributed by atoms with E-state index in [4.69, 9.17) is 5.73 Å². The van der Waals surface area contributed by atoms with Crippen LogP contribution in [0.25, 0.3) is 0 Å². The first-order chi connectivity index (χ1) is 9.65. The minimum atomic E-state index is 0.645. The van der Waals surface area contributed by atoms with E-state index in [1.54, 1.807) is 0 Å². The van der Waals surface area contributed by atoms with Gasteiger partial charge in [0.05, 0.1) is 0 Å². The minimum Gasteiger partial charge on any atom is -0.326 e. The van der Waals surface area contributed by atoms with Gasteiger partial charge in [-0.2, -0.15) is 0 Å². The predicted molar refractivity (Wildman–Crippen MR) is 86.4 cm³/mol. The molecule has 0 spiro atoms. The summed E-state index contributed by atoms with van der Waals surface area (Å²) < 4.78 is 0. The summed E-state index contributed by atoms with van der Waals surface area (Å²) in [5.41, 5.74) is 8.57. The lowest BCUT2D eigenvalue weighted by Crippen LogP contribution is -2.40. The van der Waals surface area contributed by atoms with Crippen LogP contribution in [0.3, 0.4) is 0 Å². The van der Waals surface area contributed by atoms with Crippen LogP contribution in [-0.4, -0.2) is 17.5 Å². The second kappa shape index (κ2) is 7.24. The van der Waals surface area contributed by atoms with E-state index in [1.807, 2.05) is 0 Å². The van der Waals surface area contributed by atoms with Crippen molar-refractivity contribution in [2.24, 2.45) is 17.6 Å². The Balaban J connectivity index is 2.05. The van der Waals surface area contributed by atoms with Gasteiger partial charge in [-0.15, -0.1) is 0 Å². The Morgan fingerprint density at radius 2 is 1.80 bits per heavy atom. The molecule has 1 aromatic carbocycles. The van der Waals surface area contributed by atoms with E-state index in [2.05, 4.69) is 49.9 Å². The summed E-state index contributed by atoms with van der Waals surface area (Å²) in [6, 6.07) is 9.37. The molecule has 3 unspecified atom stereocenters. The molecule has 0 saturated heterocycles. The molecule has 0 amide bonds. The third-order valence-corrected chi connectivity index (χ3v) is 5.20. The Bertz CT molecular complexity index is 416. The van der Waals surface area contributed by atoms with Gasteiger partial charge in [-0.3, -0.25) is 4.90 Å². The average molecular weight is 274 g/mol. The smallest absolute Gasteiger partial charge is 0.0239 e. The summed E-state index contributed by atoms with van der Waals surface area (Å²) in [6.07, 6.45) is 4.07. The fourth-order valence-corrected chi connectivity index (χ4v) is 3.48. The van der Waals surface area contributed by atoms with E-state index in [0.29, 0.717) is 6.54 Å². The lowest BCUT2D eigenvalue weighted by molar-refractivity contribution is 0.107. The summed E-state index contributed by atoms with van der Waals surface area (Å²) in [5.74, 6) is 1.74. The molecule has 1 saturated carbocycles. The highest BCUT2D eigenvalue weighted by atomic mass is 15.1. The highest BCUT2D eigenvalue weighted by molar-refractivity contribution is 5.26. The molecule has 0 aromatic heterocycles. The van der Waals surface area contributed by atoms with E-state index in [0.717, 1.165) is 31.0 Å². The lowest BCUT2D eigenvalue weighted by Gasteiger charge is -2.39. The Labute approximate surface area is 124 Å². The maximum atomic E-state index is 5.87. The van der Waals surface area contributed by atoms with Crippen LogP contribution < -0.4 is 5.73 Å². The molecule has 1 aliphatic rings. The van der Waals surface area contributed by atoms with E-state index >= 15 is 0 Å². The molecule has 0 aliphatic heterocycles. The van der Waals surface area contributed by atoms with Crippen molar-refractivity contribution in [1.29, 1.82) is 0 Å². The number of benzene rings is 1. The zero-order valence-corrected chi connectivity index (χ0v) is 13.3. The van der Waals surface area contributed by atoms with Crippen molar-refractivity contribution in [3.8, 4) is 0 Å². The van der Waals surface area contributed by atoms with Crippen molar-refractivity contribution in [3.63, 3.8) is 0 Å². The Hall–Kier alpha value is -0.860. The van der Waals surface area contributed by atoms with Crippen molar-refractivity contribution in [1.82, 2.24) is 4.90 Å². The number of hydrogen-bond acceptors (Lipinski definition) is 2. The number of nitrogens with zero attached hydrogens (tertiary/aromatic N) is 1. The maximum absolute atomic E-state index is 5.87. The Morgan fingerprint density at radius 3 is 2.40 bits per heavy atom. The van der Waals surface area contributed by atoms with Gasteiger partial charge in [0.2, 0.25) is 0 Å². The molecule has 0 bridgehead atoms. The molecular weight excluding hydrogens is 244 g/mol. The van der Waals surface area contributed by atoms with Crippen molar-refractivity contribution in [2.75, 3.05) is 6.54 Å². The Morgan fingerprint density at radius 1 is 1.10 bits per heavy atom. The van der Waals surface area contributed by atoms with Gasteiger partial charge in [-0.05, 0) is 48.8 Å². The van der Waals surface area contributed by atoms with Crippen LogP contribution in [0.4, 0.5) is 0 Å². The third-order valence-electron chi connectivity index (χ3n) is 5.20. The molecule has 1 aromatic rings. The third kappa shape index (κ3) is 3.62. The zero-order valence-electron chi connectivity index (χ0n) is 13.3. The molecule has 112 valence electrons. The lowest BCUT2D eigenvalue weighted by atomic mass is 9.78. The normalized spacial score (nSPS) is 26.9. The SMILES string of the molecule is CCN(Cc1ccccc1CN)C1CCC(C)C(C)C1.